The molecule has 0 unspecified atom stereocenters. The summed E-state index contributed by atoms with van der Waals surface area (Å²) in [6.07, 6.45) is 0. The Labute approximate surface area is 206 Å². The summed E-state index contributed by atoms with van der Waals surface area (Å²) in [5, 5.41) is 20.5. The molecule has 2 N–H and O–H groups in total. The van der Waals surface area contributed by atoms with E-state index in [1.54, 1.807) is 6.07 Å². The van der Waals surface area contributed by atoms with Gasteiger partial charge in [0.2, 0.25) is 0 Å². The van der Waals surface area contributed by atoms with E-state index in [2.05, 4.69) is 0 Å². The van der Waals surface area contributed by atoms with Crippen LogP contribution in [0.2, 0.25) is 30.1 Å². The van der Waals surface area contributed by atoms with Crippen molar-refractivity contribution >= 4 is 81.5 Å². The van der Waals surface area contributed by atoms with Gasteiger partial charge >= 0.3 is 11.9 Å². The Hall–Kier alpha value is -1.66. The first kappa shape index (κ1) is 24.0. The summed E-state index contributed by atoms with van der Waals surface area (Å²) < 4.78 is 0. The second-order valence-corrected chi connectivity index (χ2v) is 8.87. The van der Waals surface area contributed by atoms with Crippen molar-refractivity contribution in [3.05, 3.63) is 78.2 Å². The number of hydrogen-bond acceptors (Lipinski definition) is 2. The van der Waals surface area contributed by atoms with Crippen LogP contribution in [0.4, 0.5) is 0 Å². The maximum Gasteiger partial charge on any atom is 0.322 e. The highest BCUT2D eigenvalue weighted by Crippen LogP contribution is 2.47. The van der Waals surface area contributed by atoms with Crippen LogP contribution in [0, 0.1) is 0 Å². The van der Waals surface area contributed by atoms with Gasteiger partial charge in [-0.15, -0.1) is 0 Å². The van der Waals surface area contributed by atoms with Crippen LogP contribution in [-0.2, 0) is 9.59 Å². The number of aliphatic carboxylic acids is 2. The number of carboxylic acid groups (broad SMARTS) is 2. The zero-order valence-corrected chi connectivity index (χ0v) is 19.6. The van der Waals surface area contributed by atoms with Crippen molar-refractivity contribution in [2.75, 3.05) is 0 Å². The lowest BCUT2D eigenvalue weighted by Gasteiger charge is -2.21. The lowest BCUT2D eigenvalue weighted by molar-refractivity contribution is -0.149. The minimum absolute atomic E-state index is 0.0975. The number of carboxylic acids is 2. The summed E-state index contributed by atoms with van der Waals surface area (Å²) in [5.74, 6) is -5.16. The second kappa shape index (κ2) is 9.45. The number of hydrogen-bond donors (Lipinski definition) is 2. The average molecular weight is 539 g/mol. The molecule has 0 saturated heterocycles. The lowest BCUT2D eigenvalue weighted by Crippen LogP contribution is -2.22. The van der Waals surface area contributed by atoms with Crippen LogP contribution < -0.4 is 0 Å². The molecule has 0 bridgehead atoms. The molecule has 3 aromatic rings. The minimum atomic E-state index is -1.98. The maximum atomic E-state index is 12.0. The largest absolute Gasteiger partial charge is 0.480 e. The molecule has 0 aliphatic rings. The van der Waals surface area contributed by atoms with Gasteiger partial charge in [-0.2, -0.15) is 0 Å². The molecule has 3 rings (SSSR count). The molecule has 0 radical (unpaired) electrons. The normalized spacial score (nSPS) is 11.1. The van der Waals surface area contributed by atoms with Gasteiger partial charge in [-0.05, 0) is 41.0 Å². The smallest absolute Gasteiger partial charge is 0.322 e. The fourth-order valence-electron chi connectivity index (χ4n) is 3.26. The van der Waals surface area contributed by atoms with E-state index in [9.17, 15) is 19.8 Å². The molecular formula is C21H10Cl6O4. The van der Waals surface area contributed by atoms with E-state index in [1.807, 2.05) is 0 Å². The van der Waals surface area contributed by atoms with Crippen molar-refractivity contribution in [1.82, 2.24) is 0 Å². The third-order valence-electron chi connectivity index (χ3n) is 4.44. The molecule has 0 atom stereocenters. The van der Waals surface area contributed by atoms with Crippen LogP contribution in [0.15, 0.2) is 42.5 Å². The van der Waals surface area contributed by atoms with Gasteiger partial charge in [0.15, 0.2) is 5.92 Å². The van der Waals surface area contributed by atoms with Gasteiger partial charge in [0, 0.05) is 21.2 Å². The summed E-state index contributed by atoms with van der Waals surface area (Å²) >= 11 is 37.4. The summed E-state index contributed by atoms with van der Waals surface area (Å²) in [6.45, 7) is 0. The van der Waals surface area contributed by atoms with E-state index in [-0.39, 0.29) is 58.0 Å². The number of carbonyl (C=O) groups is 2. The fraction of sp³-hybridized carbons (Fsp3) is 0.0476. The van der Waals surface area contributed by atoms with Crippen molar-refractivity contribution in [1.29, 1.82) is 0 Å². The first-order valence-electron chi connectivity index (χ1n) is 8.41. The minimum Gasteiger partial charge on any atom is -0.480 e. The lowest BCUT2D eigenvalue weighted by atomic mass is 9.84. The molecule has 31 heavy (non-hydrogen) atoms. The van der Waals surface area contributed by atoms with Crippen molar-refractivity contribution in [2.24, 2.45) is 0 Å². The summed E-state index contributed by atoms with van der Waals surface area (Å²) in [4.78, 5) is 24.0. The Morgan fingerprint density at radius 2 is 0.968 bits per heavy atom. The van der Waals surface area contributed by atoms with Gasteiger partial charge in [-0.1, -0.05) is 87.8 Å². The molecule has 0 amide bonds. The molecule has 0 saturated carbocycles. The van der Waals surface area contributed by atoms with Gasteiger partial charge in [0.1, 0.15) is 0 Å². The third kappa shape index (κ3) is 4.75. The molecule has 0 heterocycles. The van der Waals surface area contributed by atoms with Crippen LogP contribution in [0.3, 0.4) is 0 Å². The molecule has 0 fully saturated rings. The van der Waals surface area contributed by atoms with Gasteiger partial charge in [-0.25, -0.2) is 0 Å². The van der Waals surface area contributed by atoms with Gasteiger partial charge < -0.3 is 10.2 Å². The van der Waals surface area contributed by atoms with Crippen molar-refractivity contribution in [3.63, 3.8) is 0 Å². The van der Waals surface area contributed by atoms with E-state index in [4.69, 9.17) is 69.6 Å². The predicted molar refractivity (Wildman–Crippen MR) is 125 cm³/mol. The first-order valence-corrected chi connectivity index (χ1v) is 10.7. The van der Waals surface area contributed by atoms with Crippen LogP contribution in [0.1, 0.15) is 11.5 Å². The topological polar surface area (TPSA) is 74.6 Å². The molecule has 0 aliphatic carbocycles. The zero-order valence-electron chi connectivity index (χ0n) is 15.1. The second-order valence-electron chi connectivity index (χ2n) is 6.37. The number of rotatable bonds is 5. The standard InChI is InChI=1S/C21H10Cl6O4/c22-8-4-12(24)17(13(25)5-8)10-2-1-3-11(16(10)19(20(28)29)21(30)31)18-14(26)6-9(23)7-15(18)27/h1-7,19H,(H,28,29)(H,30,31). The van der Waals surface area contributed by atoms with Crippen molar-refractivity contribution in [2.45, 2.75) is 5.92 Å². The SMILES string of the molecule is O=C(O)C(C(=O)O)c1c(-c2c(Cl)cc(Cl)cc2Cl)cccc1-c1c(Cl)cc(Cl)cc1Cl. The number of halogens is 6. The summed E-state index contributed by atoms with van der Waals surface area (Å²) in [5.41, 5.74) is 0.707. The molecule has 10 heteroatoms. The molecule has 4 nitrogen and oxygen atoms in total. The third-order valence-corrected chi connectivity index (χ3v) is 6.07. The van der Waals surface area contributed by atoms with E-state index in [0.29, 0.717) is 0 Å². The Balaban J connectivity index is 2.50. The Morgan fingerprint density at radius 3 is 1.26 bits per heavy atom. The van der Waals surface area contributed by atoms with Crippen LogP contribution in [0.5, 0.6) is 0 Å². The van der Waals surface area contributed by atoms with E-state index >= 15 is 0 Å². The molecule has 0 spiro atoms. The highest BCUT2D eigenvalue weighted by Gasteiger charge is 2.35. The fourth-order valence-corrected chi connectivity index (χ4v) is 5.30. The van der Waals surface area contributed by atoms with E-state index in [0.717, 1.165) is 0 Å². The summed E-state index contributed by atoms with van der Waals surface area (Å²) in [6, 6.07) is 10.3. The average Bonchev–Trinajstić information content (AvgIpc) is 2.61. The highest BCUT2D eigenvalue weighted by atomic mass is 35.5. The zero-order chi connectivity index (χ0) is 23.0. The van der Waals surface area contributed by atoms with Gasteiger partial charge in [0.25, 0.3) is 0 Å². The van der Waals surface area contributed by atoms with Crippen LogP contribution >= 0.6 is 69.6 Å². The molecule has 160 valence electrons. The van der Waals surface area contributed by atoms with Crippen molar-refractivity contribution in [3.8, 4) is 22.3 Å². The quantitative estimate of drug-likeness (QED) is 0.321. The van der Waals surface area contributed by atoms with Crippen LogP contribution in [0.25, 0.3) is 22.3 Å². The maximum absolute atomic E-state index is 12.0. The van der Waals surface area contributed by atoms with Crippen molar-refractivity contribution < 1.29 is 19.8 Å². The molecule has 3 aromatic carbocycles. The van der Waals surface area contributed by atoms with E-state index in [1.165, 1.54) is 36.4 Å². The van der Waals surface area contributed by atoms with Gasteiger partial charge in [0.05, 0.1) is 20.1 Å². The molecule has 0 aromatic heterocycles. The Kier molecular flexibility index (Phi) is 7.32. The monoisotopic (exact) mass is 536 g/mol. The number of benzene rings is 3. The summed E-state index contributed by atoms with van der Waals surface area (Å²) in [7, 11) is 0. The van der Waals surface area contributed by atoms with Gasteiger partial charge in [-0.3, -0.25) is 9.59 Å². The Bertz CT molecular complexity index is 1090. The molecule has 0 aliphatic heterocycles. The van der Waals surface area contributed by atoms with E-state index < -0.39 is 17.9 Å². The Morgan fingerprint density at radius 1 is 0.645 bits per heavy atom. The first-order chi connectivity index (χ1) is 14.5. The van der Waals surface area contributed by atoms with Crippen LogP contribution in [-0.4, -0.2) is 22.2 Å². The highest BCUT2D eigenvalue weighted by molar-refractivity contribution is 6.43. The molecular weight excluding hydrogens is 529 g/mol. The predicted octanol–water partition coefficient (Wildman–Crippen LogP) is 8.19.